The van der Waals surface area contributed by atoms with Gasteiger partial charge in [0.1, 0.15) is 6.61 Å². The number of hydrogen-bond acceptors (Lipinski definition) is 5. The third-order valence-corrected chi connectivity index (χ3v) is 3.44. The molecule has 7 nitrogen and oxygen atoms in total. The average Bonchev–Trinajstić information content (AvgIpc) is 2.94. The van der Waals surface area contributed by atoms with E-state index >= 15 is 0 Å². The van der Waals surface area contributed by atoms with E-state index < -0.39 is 17.8 Å². The van der Waals surface area contributed by atoms with Crippen molar-refractivity contribution < 1.29 is 23.8 Å². The van der Waals surface area contributed by atoms with Gasteiger partial charge in [-0.2, -0.15) is 0 Å². The summed E-state index contributed by atoms with van der Waals surface area (Å²) < 4.78 is 15.9. The van der Waals surface area contributed by atoms with E-state index in [2.05, 4.69) is 10.6 Å². The van der Waals surface area contributed by atoms with Crippen molar-refractivity contribution in [3.63, 3.8) is 0 Å². The molecule has 0 saturated carbocycles. The first kappa shape index (κ1) is 18.5. The second-order valence-corrected chi connectivity index (χ2v) is 5.51. The van der Waals surface area contributed by atoms with Crippen LogP contribution >= 0.6 is 0 Å². The van der Waals surface area contributed by atoms with Gasteiger partial charge in [-0.1, -0.05) is 26.7 Å². The fraction of sp³-hybridized carbons (Fsp3) is 0.867. The largest absolute Gasteiger partial charge is 0.445 e. The molecule has 0 aliphatic carbocycles. The molecule has 1 fully saturated rings. The maximum absolute atomic E-state index is 11.8. The topological polar surface area (TPSA) is 85.9 Å². The first-order valence-electron chi connectivity index (χ1n) is 8.07. The van der Waals surface area contributed by atoms with E-state index in [1.54, 1.807) is 0 Å². The van der Waals surface area contributed by atoms with E-state index in [9.17, 15) is 9.59 Å². The molecule has 7 heteroatoms. The number of hydrogen-bond donors (Lipinski definition) is 2. The van der Waals surface area contributed by atoms with Gasteiger partial charge in [0.2, 0.25) is 0 Å². The molecule has 1 heterocycles. The lowest BCUT2D eigenvalue weighted by molar-refractivity contribution is -0.0390. The van der Waals surface area contributed by atoms with Crippen LogP contribution in [0.4, 0.5) is 9.59 Å². The molecule has 128 valence electrons. The average molecular weight is 316 g/mol. The molecule has 1 atom stereocenters. The highest BCUT2D eigenvalue weighted by atomic mass is 16.6. The summed E-state index contributed by atoms with van der Waals surface area (Å²) in [5, 5.41) is 5.35. The van der Waals surface area contributed by atoms with Crippen molar-refractivity contribution in [3.8, 4) is 0 Å². The van der Waals surface area contributed by atoms with E-state index in [0.29, 0.717) is 26.1 Å². The van der Waals surface area contributed by atoms with Crippen LogP contribution in [0.2, 0.25) is 0 Å². The number of rotatable bonds is 9. The fourth-order valence-corrected chi connectivity index (χ4v) is 2.03. The Balaban J connectivity index is 2.36. The molecule has 1 rings (SSSR count). The number of carbonyl (C=O) groups excluding carboxylic acids is 2. The number of alkyl carbamates (subject to hydrolysis) is 2. The van der Waals surface area contributed by atoms with Crippen molar-refractivity contribution in [1.29, 1.82) is 0 Å². The highest BCUT2D eigenvalue weighted by Crippen LogP contribution is 2.24. The Hall–Kier alpha value is -1.50. The van der Waals surface area contributed by atoms with Gasteiger partial charge in [0.25, 0.3) is 0 Å². The number of carbonyl (C=O) groups is 2. The molecule has 0 bridgehead atoms. The van der Waals surface area contributed by atoms with E-state index in [1.807, 2.05) is 13.8 Å². The van der Waals surface area contributed by atoms with Crippen molar-refractivity contribution in [2.45, 2.75) is 51.6 Å². The van der Waals surface area contributed by atoms with E-state index in [0.717, 1.165) is 25.7 Å². The van der Waals surface area contributed by atoms with Gasteiger partial charge in [-0.05, 0) is 12.8 Å². The number of amides is 2. The normalized spacial score (nSPS) is 20.5. The molecular formula is C15H28N2O5. The molecule has 1 aliphatic rings. The van der Waals surface area contributed by atoms with Crippen LogP contribution < -0.4 is 10.6 Å². The van der Waals surface area contributed by atoms with Crippen molar-refractivity contribution >= 4 is 12.2 Å². The minimum absolute atomic E-state index is 0.00611. The molecule has 0 aromatic rings. The second-order valence-electron chi connectivity index (χ2n) is 5.51. The lowest BCUT2D eigenvalue weighted by Crippen LogP contribution is -2.45. The Morgan fingerprint density at radius 3 is 2.27 bits per heavy atom. The zero-order chi connectivity index (χ0) is 16.3. The Morgan fingerprint density at radius 2 is 1.73 bits per heavy atom. The minimum Gasteiger partial charge on any atom is -0.445 e. The molecular weight excluding hydrogens is 288 g/mol. The van der Waals surface area contributed by atoms with Crippen molar-refractivity contribution in [2.24, 2.45) is 0 Å². The van der Waals surface area contributed by atoms with Crippen LogP contribution in [0.5, 0.6) is 0 Å². The van der Waals surface area contributed by atoms with Crippen LogP contribution in [0.25, 0.3) is 0 Å². The predicted octanol–water partition coefficient (Wildman–Crippen LogP) is 2.20. The summed E-state index contributed by atoms with van der Waals surface area (Å²) in [4.78, 5) is 23.4. The maximum Gasteiger partial charge on any atom is 0.407 e. The zero-order valence-corrected chi connectivity index (χ0v) is 13.6. The molecule has 0 aromatic carbocycles. The van der Waals surface area contributed by atoms with Gasteiger partial charge in [-0.3, -0.25) is 0 Å². The summed E-state index contributed by atoms with van der Waals surface area (Å²) in [6.07, 6.45) is 3.34. The molecule has 1 unspecified atom stereocenters. The molecule has 1 aliphatic heterocycles. The summed E-state index contributed by atoms with van der Waals surface area (Å²) in [7, 11) is 0. The quantitative estimate of drug-likeness (QED) is 0.637. The third-order valence-electron chi connectivity index (χ3n) is 3.44. The van der Waals surface area contributed by atoms with Gasteiger partial charge < -0.3 is 24.8 Å². The highest BCUT2D eigenvalue weighted by Gasteiger charge is 2.40. The van der Waals surface area contributed by atoms with E-state index in [4.69, 9.17) is 14.2 Å². The molecule has 1 saturated heterocycles. The smallest absolute Gasteiger partial charge is 0.407 e. The molecule has 22 heavy (non-hydrogen) atoms. The summed E-state index contributed by atoms with van der Waals surface area (Å²) in [5.41, 5.74) is -0.877. The lowest BCUT2D eigenvalue weighted by Gasteiger charge is -2.27. The van der Waals surface area contributed by atoms with Gasteiger partial charge in [-0.25, -0.2) is 9.59 Å². The molecule has 0 spiro atoms. The van der Waals surface area contributed by atoms with Crippen LogP contribution in [0, 0.1) is 0 Å². The Morgan fingerprint density at radius 1 is 1.09 bits per heavy atom. The summed E-state index contributed by atoms with van der Waals surface area (Å²) in [6, 6.07) is 0. The monoisotopic (exact) mass is 316 g/mol. The minimum atomic E-state index is -0.877. The molecule has 0 aromatic heterocycles. The lowest BCUT2D eigenvalue weighted by atomic mass is 10.1. The molecule has 2 amide bonds. The van der Waals surface area contributed by atoms with Crippen LogP contribution in [0.3, 0.4) is 0 Å². The van der Waals surface area contributed by atoms with Gasteiger partial charge in [0.15, 0.2) is 5.60 Å². The van der Waals surface area contributed by atoms with Crippen molar-refractivity contribution in [1.82, 2.24) is 10.6 Å². The second kappa shape index (κ2) is 10.3. The number of unbranched alkanes of at least 4 members (excludes halogenated alkanes) is 2. The van der Waals surface area contributed by atoms with Gasteiger partial charge in [-0.15, -0.1) is 0 Å². The van der Waals surface area contributed by atoms with Crippen LogP contribution in [-0.2, 0) is 14.2 Å². The highest BCUT2D eigenvalue weighted by molar-refractivity contribution is 5.68. The van der Waals surface area contributed by atoms with Gasteiger partial charge in [0.05, 0.1) is 13.2 Å². The summed E-state index contributed by atoms with van der Waals surface area (Å²) in [5.74, 6) is 0. The van der Waals surface area contributed by atoms with Gasteiger partial charge in [0, 0.05) is 19.5 Å². The summed E-state index contributed by atoms with van der Waals surface area (Å²) >= 11 is 0. The van der Waals surface area contributed by atoms with Gasteiger partial charge >= 0.3 is 12.2 Å². The number of ether oxygens (including phenoxy) is 3. The maximum atomic E-state index is 11.8. The van der Waals surface area contributed by atoms with Crippen LogP contribution in [-0.4, -0.2) is 50.7 Å². The SMILES string of the molecule is CCCCNC(=O)OCC1(OC(=O)NCCCC)CCOC1. The Kier molecular flexibility index (Phi) is 8.65. The molecule has 2 N–H and O–H groups in total. The first-order chi connectivity index (χ1) is 10.6. The Bertz CT molecular complexity index is 343. The predicted molar refractivity (Wildman–Crippen MR) is 81.8 cm³/mol. The number of nitrogens with one attached hydrogen (secondary N) is 2. The van der Waals surface area contributed by atoms with Crippen LogP contribution in [0.15, 0.2) is 0 Å². The van der Waals surface area contributed by atoms with Crippen molar-refractivity contribution in [3.05, 3.63) is 0 Å². The van der Waals surface area contributed by atoms with Crippen LogP contribution in [0.1, 0.15) is 46.0 Å². The van der Waals surface area contributed by atoms with E-state index in [-0.39, 0.29) is 13.2 Å². The van der Waals surface area contributed by atoms with E-state index in [1.165, 1.54) is 0 Å². The zero-order valence-electron chi connectivity index (χ0n) is 13.6. The third kappa shape index (κ3) is 6.98. The fourth-order valence-electron chi connectivity index (χ4n) is 2.03. The Labute approximate surface area is 132 Å². The summed E-state index contributed by atoms with van der Waals surface area (Å²) in [6.45, 7) is 5.99. The standard InChI is InChI=1S/C15H28N2O5/c1-3-5-8-16-13(18)21-12-15(7-10-20-11-15)22-14(19)17-9-6-4-2/h3-12H2,1-2H3,(H,16,18)(H,17,19). The first-order valence-corrected chi connectivity index (χ1v) is 8.07. The molecule has 0 radical (unpaired) electrons. The van der Waals surface area contributed by atoms with Crippen molar-refractivity contribution in [2.75, 3.05) is 32.9 Å².